The van der Waals surface area contributed by atoms with E-state index >= 15 is 0 Å². The van der Waals surface area contributed by atoms with Crippen LogP contribution in [0, 0.1) is 11.8 Å². The second kappa shape index (κ2) is 9.50. The molecule has 0 aliphatic rings. The third kappa shape index (κ3) is 6.25. The third-order valence-electron chi connectivity index (χ3n) is 4.04. The first-order valence-corrected chi connectivity index (χ1v) is 7.98. The summed E-state index contributed by atoms with van der Waals surface area (Å²) >= 11 is 0. The smallest absolute Gasteiger partial charge is 0.220 e. The van der Waals surface area contributed by atoms with E-state index in [0.717, 1.165) is 25.0 Å². The van der Waals surface area contributed by atoms with E-state index in [1.165, 1.54) is 5.56 Å². The van der Waals surface area contributed by atoms with Crippen molar-refractivity contribution in [2.75, 3.05) is 6.54 Å². The van der Waals surface area contributed by atoms with Crippen LogP contribution in [0.15, 0.2) is 18.3 Å². The molecule has 0 saturated heterocycles. The Balaban J connectivity index is 2.40. The highest BCUT2D eigenvalue weighted by Crippen LogP contribution is 2.20. The normalized spacial score (nSPS) is 12.4. The van der Waals surface area contributed by atoms with Gasteiger partial charge in [-0.15, -0.1) is 0 Å². The van der Waals surface area contributed by atoms with E-state index in [4.69, 9.17) is 5.73 Å². The van der Waals surface area contributed by atoms with Crippen molar-refractivity contribution in [2.45, 2.75) is 53.0 Å². The van der Waals surface area contributed by atoms with Gasteiger partial charge in [0.2, 0.25) is 5.91 Å². The van der Waals surface area contributed by atoms with Crippen LogP contribution in [0.3, 0.4) is 0 Å². The van der Waals surface area contributed by atoms with Crippen LogP contribution in [0.25, 0.3) is 0 Å². The fourth-order valence-corrected chi connectivity index (χ4v) is 2.56. The molecule has 4 heteroatoms. The monoisotopic (exact) mass is 291 g/mol. The molecule has 0 radical (unpaired) electrons. The van der Waals surface area contributed by atoms with Crippen molar-refractivity contribution in [1.29, 1.82) is 0 Å². The number of hydrogen-bond donors (Lipinski definition) is 2. The predicted octanol–water partition coefficient (Wildman–Crippen LogP) is 2.66. The van der Waals surface area contributed by atoms with Crippen molar-refractivity contribution in [2.24, 2.45) is 17.6 Å². The number of amides is 1. The molecule has 4 nitrogen and oxygen atoms in total. The minimum absolute atomic E-state index is 0.102. The van der Waals surface area contributed by atoms with Gasteiger partial charge in [-0.1, -0.05) is 26.8 Å². The maximum atomic E-state index is 12.0. The van der Waals surface area contributed by atoms with Crippen molar-refractivity contribution < 1.29 is 4.79 Å². The van der Waals surface area contributed by atoms with Gasteiger partial charge in [0.25, 0.3) is 0 Å². The highest BCUT2D eigenvalue weighted by molar-refractivity contribution is 5.75. The summed E-state index contributed by atoms with van der Waals surface area (Å²) in [6.07, 6.45) is 5.17. The van der Waals surface area contributed by atoms with E-state index in [1.807, 2.05) is 6.07 Å². The Hall–Kier alpha value is -1.42. The lowest BCUT2D eigenvalue weighted by Gasteiger charge is -2.19. The van der Waals surface area contributed by atoms with Crippen LogP contribution in [-0.4, -0.2) is 17.4 Å². The Labute approximate surface area is 128 Å². The van der Waals surface area contributed by atoms with Gasteiger partial charge < -0.3 is 11.1 Å². The van der Waals surface area contributed by atoms with E-state index < -0.39 is 0 Å². The molecule has 118 valence electrons. The summed E-state index contributed by atoms with van der Waals surface area (Å²) in [4.78, 5) is 16.3. The molecule has 1 aromatic rings. The number of carbonyl (C=O) groups is 1. The summed E-state index contributed by atoms with van der Waals surface area (Å²) in [5, 5.41) is 2.98. The third-order valence-corrected chi connectivity index (χ3v) is 4.04. The Morgan fingerprint density at radius 1 is 1.38 bits per heavy atom. The summed E-state index contributed by atoms with van der Waals surface area (Å²) in [5.74, 6) is 1.20. The number of aromatic nitrogens is 1. The van der Waals surface area contributed by atoms with E-state index in [9.17, 15) is 4.79 Å². The fraction of sp³-hybridized carbons (Fsp3) is 0.647. The number of hydrogen-bond acceptors (Lipinski definition) is 3. The van der Waals surface area contributed by atoms with Gasteiger partial charge in [-0.25, -0.2) is 0 Å². The van der Waals surface area contributed by atoms with Gasteiger partial charge >= 0.3 is 0 Å². The van der Waals surface area contributed by atoms with Gasteiger partial charge in [0.05, 0.1) is 12.2 Å². The highest BCUT2D eigenvalue weighted by Gasteiger charge is 2.14. The second-order valence-corrected chi connectivity index (χ2v) is 5.86. The molecule has 1 rings (SSSR count). The molecular weight excluding hydrogens is 262 g/mol. The van der Waals surface area contributed by atoms with Crippen molar-refractivity contribution >= 4 is 5.91 Å². The van der Waals surface area contributed by atoms with Crippen LogP contribution in [-0.2, 0) is 17.8 Å². The standard InChI is InChI=1S/C17H29N3O/c1-4-14-6-5-11-19-16(14)12-20-17(21)8-7-15(9-10-18)13(2)3/h5-6,11,13,15H,4,7-10,12,18H2,1-3H3,(H,20,21). The number of aryl methyl sites for hydroxylation is 1. The average molecular weight is 291 g/mol. The van der Waals surface area contributed by atoms with Gasteiger partial charge in [0, 0.05) is 12.6 Å². The van der Waals surface area contributed by atoms with Crippen molar-refractivity contribution in [3.8, 4) is 0 Å². The SMILES string of the molecule is CCc1cccnc1CNC(=O)CCC(CCN)C(C)C. The molecule has 1 heterocycles. The second-order valence-electron chi connectivity index (χ2n) is 5.86. The molecule has 1 atom stereocenters. The number of pyridine rings is 1. The quantitative estimate of drug-likeness (QED) is 0.735. The van der Waals surface area contributed by atoms with Crippen LogP contribution < -0.4 is 11.1 Å². The van der Waals surface area contributed by atoms with Crippen LogP contribution in [0.4, 0.5) is 0 Å². The molecule has 0 fully saturated rings. The number of nitrogens with zero attached hydrogens (tertiary/aromatic N) is 1. The lowest BCUT2D eigenvalue weighted by atomic mass is 9.88. The number of nitrogens with two attached hydrogens (primary N) is 1. The topological polar surface area (TPSA) is 68.0 Å². The summed E-state index contributed by atoms with van der Waals surface area (Å²) in [5.41, 5.74) is 7.80. The summed E-state index contributed by atoms with van der Waals surface area (Å²) in [6, 6.07) is 3.99. The zero-order valence-corrected chi connectivity index (χ0v) is 13.6. The summed E-state index contributed by atoms with van der Waals surface area (Å²) in [6.45, 7) is 7.70. The molecule has 0 spiro atoms. The van der Waals surface area contributed by atoms with E-state index in [0.29, 0.717) is 31.3 Å². The Kier molecular flexibility index (Phi) is 7.98. The summed E-state index contributed by atoms with van der Waals surface area (Å²) < 4.78 is 0. The predicted molar refractivity (Wildman–Crippen MR) is 86.7 cm³/mol. The molecule has 3 N–H and O–H groups in total. The van der Waals surface area contributed by atoms with Crippen LogP contribution >= 0.6 is 0 Å². The number of rotatable bonds is 9. The minimum Gasteiger partial charge on any atom is -0.350 e. The maximum absolute atomic E-state index is 12.0. The lowest BCUT2D eigenvalue weighted by Crippen LogP contribution is -2.25. The van der Waals surface area contributed by atoms with Crippen molar-refractivity contribution in [3.05, 3.63) is 29.6 Å². The average Bonchev–Trinajstić information content (AvgIpc) is 2.49. The molecule has 21 heavy (non-hydrogen) atoms. The minimum atomic E-state index is 0.102. The first-order valence-electron chi connectivity index (χ1n) is 7.98. The first kappa shape index (κ1) is 17.6. The van der Waals surface area contributed by atoms with Crippen molar-refractivity contribution in [1.82, 2.24) is 10.3 Å². The van der Waals surface area contributed by atoms with Gasteiger partial charge in [0.15, 0.2) is 0 Å². The van der Waals surface area contributed by atoms with Gasteiger partial charge in [-0.3, -0.25) is 9.78 Å². The van der Waals surface area contributed by atoms with Gasteiger partial charge in [-0.05, 0) is 49.3 Å². The molecule has 0 aromatic carbocycles. The molecule has 1 unspecified atom stereocenters. The molecule has 0 aliphatic carbocycles. The Morgan fingerprint density at radius 3 is 2.76 bits per heavy atom. The zero-order valence-electron chi connectivity index (χ0n) is 13.6. The molecule has 0 saturated carbocycles. The number of carbonyl (C=O) groups excluding carboxylic acids is 1. The Bertz CT molecular complexity index is 432. The molecule has 1 aromatic heterocycles. The van der Waals surface area contributed by atoms with Gasteiger partial charge in [0.1, 0.15) is 0 Å². The molecule has 0 bridgehead atoms. The number of nitrogens with one attached hydrogen (secondary N) is 1. The van der Waals surface area contributed by atoms with E-state index in [2.05, 4.69) is 37.1 Å². The van der Waals surface area contributed by atoms with E-state index in [1.54, 1.807) is 6.20 Å². The van der Waals surface area contributed by atoms with Crippen LogP contribution in [0.2, 0.25) is 0 Å². The van der Waals surface area contributed by atoms with Crippen LogP contribution in [0.1, 0.15) is 51.3 Å². The fourth-order valence-electron chi connectivity index (χ4n) is 2.56. The van der Waals surface area contributed by atoms with Crippen LogP contribution in [0.5, 0.6) is 0 Å². The highest BCUT2D eigenvalue weighted by atomic mass is 16.1. The summed E-state index contributed by atoms with van der Waals surface area (Å²) in [7, 11) is 0. The molecule has 1 amide bonds. The molecule has 0 aliphatic heterocycles. The maximum Gasteiger partial charge on any atom is 0.220 e. The lowest BCUT2D eigenvalue weighted by molar-refractivity contribution is -0.121. The van der Waals surface area contributed by atoms with Gasteiger partial charge in [-0.2, -0.15) is 0 Å². The zero-order chi connectivity index (χ0) is 15.7. The van der Waals surface area contributed by atoms with Crippen molar-refractivity contribution in [3.63, 3.8) is 0 Å². The largest absolute Gasteiger partial charge is 0.350 e. The van der Waals surface area contributed by atoms with E-state index in [-0.39, 0.29) is 5.91 Å². The Morgan fingerprint density at radius 2 is 2.14 bits per heavy atom. The first-order chi connectivity index (χ1) is 10.1. The molecular formula is C17H29N3O.